The molecule has 22 heavy (non-hydrogen) atoms. The molecule has 3 fully saturated rings. The van der Waals surface area contributed by atoms with E-state index in [4.69, 9.17) is 10.8 Å². The fourth-order valence-corrected chi connectivity index (χ4v) is 3.37. The lowest BCUT2D eigenvalue weighted by Gasteiger charge is -2.29. The number of nitrogens with zero attached hydrogens (tertiary/aromatic N) is 4. The van der Waals surface area contributed by atoms with E-state index in [1.165, 1.54) is 25.9 Å². The van der Waals surface area contributed by atoms with E-state index in [-0.39, 0.29) is 0 Å². The van der Waals surface area contributed by atoms with Gasteiger partial charge >= 0.3 is 6.01 Å². The molecule has 0 unspecified atom stereocenters. The zero-order valence-electron chi connectivity index (χ0n) is 12.4. The van der Waals surface area contributed by atoms with Crippen molar-refractivity contribution in [2.75, 3.05) is 31.1 Å². The number of hydrogen-bond donors (Lipinski definition) is 0. The van der Waals surface area contributed by atoms with Crippen LogP contribution in [0.1, 0.15) is 18.4 Å². The van der Waals surface area contributed by atoms with Gasteiger partial charge in [0.2, 0.25) is 0 Å². The topological polar surface area (TPSA) is 45.4 Å². The highest BCUT2D eigenvalue weighted by Gasteiger charge is 2.31. The Bertz CT molecular complexity index is 709. The molecule has 5 nitrogen and oxygen atoms in total. The van der Waals surface area contributed by atoms with Gasteiger partial charge in [-0.2, -0.15) is 0 Å². The molecule has 4 heterocycles. The molecular formula is C17H18N4O. The number of aromatic nitrogens is 2. The highest BCUT2D eigenvalue weighted by molar-refractivity contribution is 5.64. The number of piperidine rings is 1. The van der Waals surface area contributed by atoms with Gasteiger partial charge < -0.3 is 14.2 Å². The van der Waals surface area contributed by atoms with Crippen LogP contribution in [0.25, 0.3) is 11.5 Å². The summed E-state index contributed by atoms with van der Waals surface area (Å²) in [6.07, 6.45) is 7.88. The van der Waals surface area contributed by atoms with E-state index in [9.17, 15) is 0 Å². The number of benzene rings is 1. The number of hydrogen-bond acceptors (Lipinski definition) is 5. The van der Waals surface area contributed by atoms with Gasteiger partial charge in [0.15, 0.2) is 0 Å². The van der Waals surface area contributed by atoms with Crippen molar-refractivity contribution in [3.63, 3.8) is 0 Å². The first-order chi connectivity index (χ1) is 10.8. The Hall–Kier alpha value is -2.32. The number of rotatable bonds is 2. The molecule has 5 rings (SSSR count). The van der Waals surface area contributed by atoms with E-state index >= 15 is 0 Å². The molecule has 1 aromatic heterocycles. The standard InChI is InChI=1S/C17H18N4O/c1-2-13-5-3-4-6-15(13)16-18-19-17(22-16)21-12-11-20-9-7-14(21)8-10-20/h1,3-6,14H,7-12H2. The summed E-state index contributed by atoms with van der Waals surface area (Å²) in [6, 6.07) is 8.79. The molecule has 3 aliphatic rings. The summed E-state index contributed by atoms with van der Waals surface area (Å²) in [7, 11) is 0. The molecule has 112 valence electrons. The second-order valence-electron chi connectivity index (χ2n) is 5.85. The van der Waals surface area contributed by atoms with Gasteiger partial charge in [-0.1, -0.05) is 23.2 Å². The molecule has 2 aromatic rings. The van der Waals surface area contributed by atoms with Crippen LogP contribution < -0.4 is 4.90 Å². The van der Waals surface area contributed by atoms with E-state index in [0.29, 0.717) is 17.9 Å². The first kappa shape index (κ1) is 13.4. The molecule has 0 N–H and O–H groups in total. The van der Waals surface area contributed by atoms with Crippen molar-refractivity contribution in [3.05, 3.63) is 29.8 Å². The Morgan fingerprint density at radius 1 is 1.09 bits per heavy atom. The predicted molar refractivity (Wildman–Crippen MR) is 84.5 cm³/mol. The van der Waals surface area contributed by atoms with E-state index in [0.717, 1.165) is 24.2 Å². The average Bonchev–Trinajstić information content (AvgIpc) is 2.87. The zero-order valence-corrected chi connectivity index (χ0v) is 12.4. The van der Waals surface area contributed by atoms with Crippen molar-refractivity contribution in [2.24, 2.45) is 0 Å². The van der Waals surface area contributed by atoms with Crippen LogP contribution in [-0.2, 0) is 0 Å². The summed E-state index contributed by atoms with van der Waals surface area (Å²) in [4.78, 5) is 4.77. The first-order valence-electron chi connectivity index (χ1n) is 7.73. The molecular weight excluding hydrogens is 276 g/mol. The van der Waals surface area contributed by atoms with Crippen LogP contribution in [0.4, 0.5) is 6.01 Å². The molecule has 0 atom stereocenters. The third-order valence-corrected chi connectivity index (χ3v) is 4.63. The van der Waals surface area contributed by atoms with Crippen LogP contribution in [0, 0.1) is 12.3 Å². The van der Waals surface area contributed by atoms with Gasteiger partial charge in [-0.3, -0.25) is 0 Å². The Kier molecular flexibility index (Phi) is 3.32. The Balaban J connectivity index is 1.65. The van der Waals surface area contributed by atoms with Crippen LogP contribution >= 0.6 is 0 Å². The summed E-state index contributed by atoms with van der Waals surface area (Å²) in [6.45, 7) is 4.35. The molecule has 0 spiro atoms. The highest BCUT2D eigenvalue weighted by atomic mass is 16.4. The zero-order chi connectivity index (χ0) is 14.9. The van der Waals surface area contributed by atoms with E-state index in [1.807, 2.05) is 24.3 Å². The largest absolute Gasteiger partial charge is 0.403 e. The van der Waals surface area contributed by atoms with Gasteiger partial charge in [0.05, 0.1) is 5.56 Å². The fraction of sp³-hybridized carbons (Fsp3) is 0.412. The molecule has 0 saturated carbocycles. The predicted octanol–water partition coefficient (Wildman–Crippen LogP) is 2.00. The molecule has 0 amide bonds. The van der Waals surface area contributed by atoms with Crippen molar-refractivity contribution < 1.29 is 4.42 Å². The lowest BCUT2D eigenvalue weighted by atomic mass is 10.1. The molecule has 2 bridgehead atoms. The number of fused-ring (bicyclic) bond motifs is 4. The second kappa shape index (κ2) is 5.47. The minimum absolute atomic E-state index is 0.502. The van der Waals surface area contributed by atoms with Crippen molar-refractivity contribution in [2.45, 2.75) is 18.9 Å². The third-order valence-electron chi connectivity index (χ3n) is 4.63. The van der Waals surface area contributed by atoms with Crippen molar-refractivity contribution in [3.8, 4) is 23.8 Å². The van der Waals surface area contributed by atoms with Crippen LogP contribution in [-0.4, -0.2) is 47.3 Å². The van der Waals surface area contributed by atoms with Gasteiger partial charge in [0.1, 0.15) is 0 Å². The quantitative estimate of drug-likeness (QED) is 0.793. The van der Waals surface area contributed by atoms with Gasteiger partial charge in [-0.05, 0) is 25.0 Å². The summed E-state index contributed by atoms with van der Waals surface area (Å²) >= 11 is 0. The lowest BCUT2D eigenvalue weighted by Crippen LogP contribution is -2.38. The molecule has 5 heteroatoms. The van der Waals surface area contributed by atoms with E-state index in [2.05, 4.69) is 25.9 Å². The van der Waals surface area contributed by atoms with Gasteiger partial charge in [0.25, 0.3) is 5.89 Å². The van der Waals surface area contributed by atoms with Crippen molar-refractivity contribution in [1.82, 2.24) is 15.1 Å². The minimum Gasteiger partial charge on any atom is -0.403 e. The Morgan fingerprint density at radius 2 is 1.91 bits per heavy atom. The van der Waals surface area contributed by atoms with Crippen LogP contribution in [0.3, 0.4) is 0 Å². The molecule has 1 aromatic carbocycles. The van der Waals surface area contributed by atoms with Gasteiger partial charge in [0, 0.05) is 37.8 Å². The molecule has 0 radical (unpaired) electrons. The molecule has 3 aliphatic heterocycles. The normalized spacial score (nSPS) is 24.0. The molecule has 0 aliphatic carbocycles. The Labute approximate surface area is 129 Å². The third kappa shape index (κ3) is 2.26. The van der Waals surface area contributed by atoms with Gasteiger partial charge in [-0.25, -0.2) is 0 Å². The Morgan fingerprint density at radius 3 is 2.73 bits per heavy atom. The van der Waals surface area contributed by atoms with Crippen molar-refractivity contribution in [1.29, 1.82) is 0 Å². The fourth-order valence-electron chi connectivity index (χ4n) is 3.37. The van der Waals surface area contributed by atoms with Crippen LogP contribution in [0.15, 0.2) is 28.7 Å². The summed E-state index contributed by atoms with van der Waals surface area (Å²) in [5.74, 6) is 3.17. The van der Waals surface area contributed by atoms with Gasteiger partial charge in [-0.15, -0.1) is 11.5 Å². The molecule has 3 saturated heterocycles. The SMILES string of the molecule is C#Cc1ccccc1-c1nnc(N2CCN3CCC2CC3)o1. The smallest absolute Gasteiger partial charge is 0.318 e. The monoisotopic (exact) mass is 294 g/mol. The van der Waals surface area contributed by atoms with Crippen LogP contribution in [0.5, 0.6) is 0 Å². The van der Waals surface area contributed by atoms with Crippen molar-refractivity contribution >= 4 is 6.01 Å². The maximum absolute atomic E-state index is 5.95. The summed E-state index contributed by atoms with van der Waals surface area (Å²) in [5.41, 5.74) is 1.60. The maximum Gasteiger partial charge on any atom is 0.318 e. The first-order valence-corrected chi connectivity index (χ1v) is 7.73. The van der Waals surface area contributed by atoms with E-state index in [1.54, 1.807) is 0 Å². The highest BCUT2D eigenvalue weighted by Crippen LogP contribution is 2.29. The minimum atomic E-state index is 0.502. The van der Waals surface area contributed by atoms with E-state index < -0.39 is 0 Å². The second-order valence-corrected chi connectivity index (χ2v) is 5.85. The average molecular weight is 294 g/mol. The number of anilines is 1. The maximum atomic E-state index is 5.95. The summed E-state index contributed by atoms with van der Waals surface area (Å²) < 4.78 is 5.95. The summed E-state index contributed by atoms with van der Waals surface area (Å²) in [5, 5.41) is 8.49. The number of terminal acetylenes is 1. The van der Waals surface area contributed by atoms with Crippen LogP contribution in [0.2, 0.25) is 0 Å². The lowest BCUT2D eigenvalue weighted by molar-refractivity contribution is 0.249.